The van der Waals surface area contributed by atoms with Gasteiger partial charge in [0.1, 0.15) is 5.76 Å². The summed E-state index contributed by atoms with van der Waals surface area (Å²) >= 11 is 0. The number of hydrogen-bond donors (Lipinski definition) is 0. The monoisotopic (exact) mass is 166 g/mol. The van der Waals surface area contributed by atoms with Gasteiger partial charge in [0.25, 0.3) is 0 Å². The third kappa shape index (κ3) is 2.13. The molecule has 0 fully saturated rings. The second-order valence-corrected chi connectivity index (χ2v) is 4.38. The second kappa shape index (κ2) is 3.34. The molecule has 1 nitrogen and oxygen atoms in total. The second-order valence-electron chi connectivity index (χ2n) is 4.38. The van der Waals surface area contributed by atoms with Gasteiger partial charge >= 0.3 is 0 Å². The van der Waals surface area contributed by atoms with Gasteiger partial charge in [0.15, 0.2) is 0 Å². The van der Waals surface area contributed by atoms with Crippen molar-refractivity contribution in [2.75, 3.05) is 7.11 Å². The van der Waals surface area contributed by atoms with Crippen molar-refractivity contribution in [1.82, 2.24) is 0 Å². The average Bonchev–Trinajstić information content (AvgIpc) is 2.03. The topological polar surface area (TPSA) is 9.23 Å². The minimum Gasteiger partial charge on any atom is -0.497 e. The largest absolute Gasteiger partial charge is 0.497 e. The SMILES string of the molecule is COC1=CC(C(C)(C)C)CC=C1. The Balaban J connectivity index is 2.72. The molecule has 0 saturated heterocycles. The van der Waals surface area contributed by atoms with Crippen LogP contribution in [0.25, 0.3) is 0 Å². The van der Waals surface area contributed by atoms with E-state index in [-0.39, 0.29) is 0 Å². The molecule has 1 atom stereocenters. The Morgan fingerprint density at radius 2 is 2.08 bits per heavy atom. The predicted molar refractivity (Wildman–Crippen MR) is 51.8 cm³/mol. The number of ether oxygens (including phenoxy) is 1. The Hall–Kier alpha value is -0.720. The molecule has 0 aromatic rings. The van der Waals surface area contributed by atoms with E-state index in [0.29, 0.717) is 11.3 Å². The van der Waals surface area contributed by atoms with E-state index in [4.69, 9.17) is 4.74 Å². The highest BCUT2D eigenvalue weighted by atomic mass is 16.5. The Bertz CT molecular complexity index is 206. The van der Waals surface area contributed by atoms with Crippen LogP contribution >= 0.6 is 0 Å². The van der Waals surface area contributed by atoms with Gasteiger partial charge in [0.2, 0.25) is 0 Å². The van der Waals surface area contributed by atoms with Crippen molar-refractivity contribution in [1.29, 1.82) is 0 Å². The van der Waals surface area contributed by atoms with Crippen molar-refractivity contribution in [3.05, 3.63) is 24.0 Å². The Morgan fingerprint density at radius 1 is 1.42 bits per heavy atom. The lowest BCUT2D eigenvalue weighted by Crippen LogP contribution is -2.19. The van der Waals surface area contributed by atoms with Crippen molar-refractivity contribution in [3.8, 4) is 0 Å². The summed E-state index contributed by atoms with van der Waals surface area (Å²) in [7, 11) is 1.72. The summed E-state index contributed by atoms with van der Waals surface area (Å²) in [6.07, 6.45) is 7.59. The minimum atomic E-state index is 0.342. The van der Waals surface area contributed by atoms with Crippen molar-refractivity contribution in [2.24, 2.45) is 11.3 Å². The van der Waals surface area contributed by atoms with Crippen LogP contribution in [0.4, 0.5) is 0 Å². The third-order valence-corrected chi connectivity index (χ3v) is 2.39. The molecule has 0 saturated carbocycles. The van der Waals surface area contributed by atoms with Crippen LogP contribution in [-0.2, 0) is 4.74 Å². The zero-order valence-electron chi connectivity index (χ0n) is 8.42. The molecule has 1 unspecified atom stereocenters. The van der Waals surface area contributed by atoms with Gasteiger partial charge in [-0.1, -0.05) is 26.8 Å². The van der Waals surface area contributed by atoms with Crippen LogP contribution in [0.15, 0.2) is 24.0 Å². The van der Waals surface area contributed by atoms with E-state index in [1.165, 1.54) is 0 Å². The first-order valence-corrected chi connectivity index (χ1v) is 4.46. The van der Waals surface area contributed by atoms with Gasteiger partial charge in [0, 0.05) is 0 Å². The fourth-order valence-electron chi connectivity index (χ4n) is 1.39. The van der Waals surface area contributed by atoms with Crippen molar-refractivity contribution in [2.45, 2.75) is 27.2 Å². The molecule has 0 heterocycles. The highest BCUT2D eigenvalue weighted by Crippen LogP contribution is 2.33. The van der Waals surface area contributed by atoms with Gasteiger partial charge < -0.3 is 4.74 Å². The molecule has 0 spiro atoms. The molecule has 12 heavy (non-hydrogen) atoms. The van der Waals surface area contributed by atoms with Crippen LogP contribution in [0, 0.1) is 11.3 Å². The minimum absolute atomic E-state index is 0.342. The maximum atomic E-state index is 5.19. The first-order valence-electron chi connectivity index (χ1n) is 4.46. The van der Waals surface area contributed by atoms with E-state index < -0.39 is 0 Å². The molecule has 0 aromatic carbocycles. The summed E-state index contributed by atoms with van der Waals surface area (Å²) in [5, 5.41) is 0. The van der Waals surface area contributed by atoms with Crippen LogP contribution in [0.5, 0.6) is 0 Å². The maximum Gasteiger partial charge on any atom is 0.114 e. The average molecular weight is 166 g/mol. The van der Waals surface area contributed by atoms with E-state index in [1.807, 2.05) is 6.08 Å². The number of rotatable bonds is 1. The third-order valence-electron chi connectivity index (χ3n) is 2.39. The van der Waals surface area contributed by atoms with Crippen molar-refractivity contribution < 1.29 is 4.74 Å². The molecule has 0 N–H and O–H groups in total. The fourth-order valence-corrected chi connectivity index (χ4v) is 1.39. The summed E-state index contributed by atoms with van der Waals surface area (Å²) in [5.74, 6) is 1.61. The van der Waals surface area contributed by atoms with E-state index >= 15 is 0 Å². The standard InChI is InChI=1S/C11H18O/c1-11(2,3)9-6-5-7-10(8-9)12-4/h5,7-9H,6H2,1-4H3. The number of hydrogen-bond acceptors (Lipinski definition) is 1. The smallest absolute Gasteiger partial charge is 0.114 e. The van der Waals surface area contributed by atoms with Crippen LogP contribution in [0.1, 0.15) is 27.2 Å². The van der Waals surface area contributed by atoms with E-state index in [2.05, 4.69) is 32.9 Å². The normalized spacial score (nSPS) is 23.7. The summed E-state index contributed by atoms with van der Waals surface area (Å²) < 4.78 is 5.19. The zero-order chi connectivity index (χ0) is 9.19. The summed E-state index contributed by atoms with van der Waals surface area (Å²) in [5.41, 5.74) is 0.342. The molecule has 1 aliphatic carbocycles. The van der Waals surface area contributed by atoms with Gasteiger partial charge in [-0.3, -0.25) is 0 Å². The molecule has 0 aliphatic heterocycles. The lowest BCUT2D eigenvalue weighted by molar-refractivity contribution is 0.260. The van der Waals surface area contributed by atoms with Crippen LogP contribution in [-0.4, -0.2) is 7.11 Å². The van der Waals surface area contributed by atoms with E-state index in [9.17, 15) is 0 Å². The predicted octanol–water partition coefficient (Wildman–Crippen LogP) is 3.14. The fraction of sp³-hybridized carbons (Fsp3) is 0.636. The molecule has 0 aromatic heterocycles. The Labute approximate surface area is 75.1 Å². The van der Waals surface area contributed by atoms with Crippen LogP contribution in [0.3, 0.4) is 0 Å². The Morgan fingerprint density at radius 3 is 2.58 bits per heavy atom. The highest BCUT2D eigenvalue weighted by molar-refractivity contribution is 5.19. The summed E-state index contributed by atoms with van der Waals surface area (Å²) in [6.45, 7) is 6.79. The lowest BCUT2D eigenvalue weighted by Gasteiger charge is -2.29. The molecule has 1 rings (SSSR count). The maximum absolute atomic E-state index is 5.19. The van der Waals surface area contributed by atoms with Crippen molar-refractivity contribution in [3.63, 3.8) is 0 Å². The molecular formula is C11H18O. The van der Waals surface area contributed by atoms with Gasteiger partial charge in [-0.05, 0) is 29.9 Å². The summed E-state index contributed by atoms with van der Waals surface area (Å²) in [6, 6.07) is 0. The molecule has 1 aliphatic rings. The van der Waals surface area contributed by atoms with Gasteiger partial charge in [0.05, 0.1) is 7.11 Å². The number of allylic oxidation sites excluding steroid dienone is 3. The van der Waals surface area contributed by atoms with Gasteiger partial charge in [-0.2, -0.15) is 0 Å². The van der Waals surface area contributed by atoms with E-state index in [0.717, 1.165) is 12.2 Å². The molecule has 0 bridgehead atoms. The highest BCUT2D eigenvalue weighted by Gasteiger charge is 2.23. The molecule has 0 amide bonds. The quantitative estimate of drug-likeness (QED) is 0.581. The lowest BCUT2D eigenvalue weighted by atomic mass is 9.77. The molecule has 1 heteroatoms. The molecule has 68 valence electrons. The van der Waals surface area contributed by atoms with Crippen molar-refractivity contribution >= 4 is 0 Å². The van der Waals surface area contributed by atoms with E-state index in [1.54, 1.807) is 7.11 Å². The molecular weight excluding hydrogens is 148 g/mol. The first kappa shape index (κ1) is 9.37. The number of methoxy groups -OCH3 is 1. The molecule has 0 radical (unpaired) electrons. The first-order chi connectivity index (χ1) is 5.54. The Kier molecular flexibility index (Phi) is 2.61. The summed E-state index contributed by atoms with van der Waals surface area (Å²) in [4.78, 5) is 0. The van der Waals surface area contributed by atoms with Gasteiger partial charge in [-0.15, -0.1) is 0 Å². The van der Waals surface area contributed by atoms with Crippen LogP contribution < -0.4 is 0 Å². The van der Waals surface area contributed by atoms with Gasteiger partial charge in [-0.25, -0.2) is 0 Å². The zero-order valence-corrected chi connectivity index (χ0v) is 8.42. The van der Waals surface area contributed by atoms with Crippen LogP contribution in [0.2, 0.25) is 0 Å².